The van der Waals surface area contributed by atoms with Crippen LogP contribution in [0.15, 0.2) is 406 Å². The van der Waals surface area contributed by atoms with Crippen LogP contribution in [0.1, 0.15) is 60.6 Å². The third kappa shape index (κ3) is 11.6. The predicted molar refractivity (Wildman–Crippen MR) is 529 cm³/mol. The quantitative estimate of drug-likeness (QED) is 0.122. The molecule has 4 aliphatic heterocycles. The zero-order chi connectivity index (χ0) is 87.9. The number of nitrogens with zero attached hydrogens (tertiary/aromatic N) is 10. The highest BCUT2D eigenvalue weighted by Crippen LogP contribution is 2.67. The van der Waals surface area contributed by atoms with Gasteiger partial charge in [0.2, 0.25) is 0 Å². The van der Waals surface area contributed by atoms with E-state index in [9.17, 15) is 0 Å². The average molecular weight is 1710 g/mol. The zero-order valence-corrected chi connectivity index (χ0v) is 72.5. The molecule has 14 nitrogen and oxygen atoms in total. The lowest BCUT2D eigenvalue weighted by molar-refractivity contribution is 0.477. The van der Waals surface area contributed by atoms with Crippen LogP contribution in [0, 0.1) is 5.92 Å². The number of fused-ring (bicyclic) bond motifs is 20. The largest absolute Gasteiger partial charge is 0.453 e. The van der Waals surface area contributed by atoms with Crippen molar-refractivity contribution in [2.45, 2.75) is 38.0 Å². The van der Waals surface area contributed by atoms with E-state index >= 15 is 0 Å². The number of allylic oxidation sites excluding steroid dienone is 4. The van der Waals surface area contributed by atoms with Gasteiger partial charge in [0.05, 0.1) is 50.9 Å². The Bertz CT molecular complexity index is 7910. The summed E-state index contributed by atoms with van der Waals surface area (Å²) in [5, 5.41) is 0. The lowest BCUT2D eigenvalue weighted by Gasteiger charge is -2.34. The summed E-state index contributed by atoms with van der Waals surface area (Å²) in [5.74, 6) is 9.92. The number of aromatic nitrogens is 6. The fourth-order valence-corrected chi connectivity index (χ4v) is 21.7. The van der Waals surface area contributed by atoms with Crippen molar-refractivity contribution in [3.05, 3.63) is 439 Å². The maximum Gasteiger partial charge on any atom is 0.164 e. The van der Waals surface area contributed by atoms with E-state index in [4.69, 9.17) is 48.9 Å². The molecule has 1 spiro atoms. The number of para-hydroxylation sites is 15. The first-order chi connectivity index (χ1) is 65.6. The summed E-state index contributed by atoms with van der Waals surface area (Å²) in [6, 6.07) is 137. The van der Waals surface area contributed by atoms with Gasteiger partial charge in [-0.3, -0.25) is 0 Å². The van der Waals surface area contributed by atoms with Crippen molar-refractivity contribution in [1.82, 2.24) is 29.9 Å². The molecule has 6 heterocycles. The van der Waals surface area contributed by atoms with Crippen molar-refractivity contribution < 1.29 is 18.9 Å². The fraction of sp³-hybridized carbons (Fsp3) is 0.0588. The van der Waals surface area contributed by atoms with Gasteiger partial charge in [-0.05, 0) is 285 Å². The summed E-state index contributed by atoms with van der Waals surface area (Å²) in [6.07, 6.45) is 5.70. The molecule has 0 radical (unpaired) electrons. The molecule has 14 heteroatoms. The molecule has 0 bridgehead atoms. The standard InChI is InChI=1S/C119H78N10O4/c1-71-25-22-32-90-109(71)87-68-58-76(69-92(87)118(90,2)3)116-122-112(72-49-59-78(60-50-72)126-94-34-8-15-42-102(94)130-103-43-16-9-35-95(103)126)120-113(123-116)75-55-65-81(66-56-75)129-100-40-14-21-48-108(100)133-111-85(29-24-41-101(111)129)84-28-23-33-91-110(84)86-27-5-7-31-89(86)119(91)88-30-6-4-26-82(88)83-67-57-77(70-93(83)119)117-124-114(73-51-61-79(62-52-73)127-96-36-10-17-44-104(96)131-105-45-18-11-37-97(105)127)121-115(125-117)74-53-63-80(64-54-74)128-98-38-12-19-46-106(98)132-107-47-20-13-39-99(107)128/h4-24,26-71H,25H2,1-3H3. The minimum absolute atomic E-state index is 0.212. The molecule has 17 aromatic carbocycles. The van der Waals surface area contributed by atoms with Crippen molar-refractivity contribution in [2.24, 2.45) is 5.92 Å². The highest BCUT2D eigenvalue weighted by atomic mass is 16.5. The van der Waals surface area contributed by atoms with E-state index in [1.165, 1.54) is 44.5 Å². The maximum absolute atomic E-state index is 7.39. The number of anilines is 12. The molecule has 8 aliphatic rings. The topological polar surface area (TPSA) is 127 Å². The van der Waals surface area contributed by atoms with Crippen molar-refractivity contribution in [3.8, 4) is 148 Å². The Labute approximate surface area is 768 Å². The zero-order valence-electron chi connectivity index (χ0n) is 72.5. The van der Waals surface area contributed by atoms with Crippen LogP contribution in [0.5, 0.6) is 46.0 Å². The summed E-state index contributed by atoms with van der Waals surface area (Å²) in [7, 11) is 0. The Morgan fingerprint density at radius 1 is 0.256 bits per heavy atom. The smallest absolute Gasteiger partial charge is 0.164 e. The second kappa shape index (κ2) is 29.3. The van der Waals surface area contributed by atoms with Crippen molar-refractivity contribution in [1.29, 1.82) is 0 Å². The van der Waals surface area contributed by atoms with Gasteiger partial charge in [0.1, 0.15) is 0 Å². The Kier molecular flexibility index (Phi) is 16.7. The molecule has 0 saturated carbocycles. The van der Waals surface area contributed by atoms with Gasteiger partial charge in [-0.25, -0.2) is 29.9 Å². The lowest BCUT2D eigenvalue weighted by Crippen LogP contribution is -2.26. The highest BCUT2D eigenvalue weighted by Gasteiger charge is 2.53. The van der Waals surface area contributed by atoms with E-state index in [2.05, 4.69) is 332 Å². The van der Waals surface area contributed by atoms with E-state index in [0.29, 0.717) is 40.9 Å². The molecule has 0 saturated heterocycles. The van der Waals surface area contributed by atoms with Crippen LogP contribution < -0.4 is 38.5 Å². The third-order valence-electron chi connectivity index (χ3n) is 27.8. The molecule has 2 atom stereocenters. The molecule has 0 N–H and O–H groups in total. The Morgan fingerprint density at radius 3 is 0.985 bits per heavy atom. The van der Waals surface area contributed by atoms with Crippen molar-refractivity contribution in [2.75, 3.05) is 19.6 Å². The molecule has 4 aliphatic carbocycles. The minimum Gasteiger partial charge on any atom is -0.453 e. The number of rotatable bonds is 11. The summed E-state index contributed by atoms with van der Waals surface area (Å²) in [6.45, 7) is 7.04. The molecule has 2 aromatic heterocycles. The van der Waals surface area contributed by atoms with Gasteiger partial charge in [0, 0.05) is 67.1 Å². The average Bonchev–Trinajstić information content (AvgIpc) is 1.50. The van der Waals surface area contributed by atoms with E-state index in [0.717, 1.165) is 187 Å². The molecule has 0 fully saturated rings. The lowest BCUT2D eigenvalue weighted by atomic mass is 9.70. The summed E-state index contributed by atoms with van der Waals surface area (Å²) in [4.78, 5) is 41.9. The molecule has 628 valence electrons. The fourth-order valence-electron chi connectivity index (χ4n) is 21.7. The SMILES string of the molecule is CC1CC=CC2=C1c1ccc(-c3nc(-c4ccc(N5c6ccccc6Oc6ccccc65)cc4)nc(-c4ccc(N5c6ccccc6Oc6c(-c7cccc8c7-c7ccccc7C87c8ccccc8-c8ccc(-c9nc(-c%10ccc(N%11c%12ccccc%12Oc%12ccccc%12%11)cc%10)nc(-c%10ccc(N%11c%12ccccc%12Oc%12ccccc%12%11)cc%10)n9)cc87)cccc65)cc4)n3)cc1C2(C)C. The first kappa shape index (κ1) is 75.8. The molecule has 27 rings (SSSR count). The van der Waals surface area contributed by atoms with Crippen LogP contribution in [-0.2, 0) is 10.8 Å². The second-order valence-corrected chi connectivity index (χ2v) is 35.6. The van der Waals surface area contributed by atoms with Crippen LogP contribution in [0.4, 0.5) is 68.2 Å². The van der Waals surface area contributed by atoms with Gasteiger partial charge >= 0.3 is 0 Å². The van der Waals surface area contributed by atoms with Crippen LogP contribution in [0.25, 0.3) is 107 Å². The molecule has 0 amide bonds. The van der Waals surface area contributed by atoms with Crippen molar-refractivity contribution in [3.63, 3.8) is 0 Å². The molecular weight excluding hydrogens is 1630 g/mol. The van der Waals surface area contributed by atoms with Crippen LogP contribution in [0.3, 0.4) is 0 Å². The van der Waals surface area contributed by atoms with E-state index in [-0.39, 0.29) is 5.41 Å². The Morgan fingerprint density at radius 2 is 0.556 bits per heavy atom. The molecule has 19 aromatic rings. The molecule has 133 heavy (non-hydrogen) atoms. The van der Waals surface area contributed by atoms with Crippen LogP contribution in [-0.4, -0.2) is 29.9 Å². The normalized spacial score (nSPS) is 15.7. The summed E-state index contributed by atoms with van der Waals surface area (Å²) >= 11 is 0. The van der Waals surface area contributed by atoms with Gasteiger partial charge in [-0.1, -0.05) is 221 Å². The Hall–Kier alpha value is -17.4. The first-order valence-corrected chi connectivity index (χ1v) is 45.2. The number of ether oxygens (including phenoxy) is 4. The van der Waals surface area contributed by atoms with E-state index in [1.807, 2.05) is 109 Å². The van der Waals surface area contributed by atoms with Gasteiger partial charge in [-0.2, -0.15) is 0 Å². The summed E-state index contributed by atoms with van der Waals surface area (Å²) < 4.78 is 26.7. The minimum atomic E-state index is -0.793. The monoisotopic (exact) mass is 1710 g/mol. The second-order valence-electron chi connectivity index (χ2n) is 35.6. The van der Waals surface area contributed by atoms with Crippen LogP contribution in [0.2, 0.25) is 0 Å². The summed E-state index contributed by atoms with van der Waals surface area (Å²) in [5.41, 5.74) is 32.2. The molecular formula is C119H78N10O4. The maximum atomic E-state index is 7.39. The number of benzene rings is 17. The molecule has 2 unspecified atom stereocenters. The van der Waals surface area contributed by atoms with Crippen molar-refractivity contribution >= 4 is 73.8 Å². The van der Waals surface area contributed by atoms with E-state index in [1.54, 1.807) is 0 Å². The van der Waals surface area contributed by atoms with Gasteiger partial charge in [0.25, 0.3) is 0 Å². The van der Waals surface area contributed by atoms with E-state index < -0.39 is 5.41 Å². The number of hydrogen-bond donors (Lipinski definition) is 0. The number of hydrogen-bond acceptors (Lipinski definition) is 14. The van der Waals surface area contributed by atoms with Gasteiger partial charge in [0.15, 0.2) is 80.9 Å². The first-order valence-electron chi connectivity index (χ1n) is 45.2. The predicted octanol–water partition coefficient (Wildman–Crippen LogP) is 31.0. The van der Waals surface area contributed by atoms with Crippen LogP contribution >= 0.6 is 0 Å². The third-order valence-corrected chi connectivity index (χ3v) is 27.8. The van der Waals surface area contributed by atoms with Gasteiger partial charge < -0.3 is 38.5 Å². The Balaban J connectivity index is 0.568. The highest BCUT2D eigenvalue weighted by molar-refractivity contribution is 6.04. The van der Waals surface area contributed by atoms with Gasteiger partial charge in [-0.15, -0.1) is 0 Å².